The molecule has 1 aliphatic heterocycles. The molecule has 3 aromatic rings. The Kier molecular flexibility index (Phi) is 4.23. The maximum absolute atomic E-state index is 13.0. The molecule has 9 heteroatoms. The van der Waals surface area contributed by atoms with Gasteiger partial charge in [0.1, 0.15) is 18.1 Å². The largest absolute Gasteiger partial charge is 0.348 e. The van der Waals surface area contributed by atoms with E-state index >= 15 is 0 Å². The second-order valence-corrected chi connectivity index (χ2v) is 7.15. The predicted octanol–water partition coefficient (Wildman–Crippen LogP) is 2.81. The Morgan fingerprint density at radius 3 is 2.81 bits per heavy atom. The van der Waals surface area contributed by atoms with Gasteiger partial charge >= 0.3 is 0 Å². The van der Waals surface area contributed by atoms with Crippen molar-refractivity contribution < 1.29 is 14.0 Å². The smallest absolute Gasteiger partial charge is 0.246 e. The van der Waals surface area contributed by atoms with Crippen LogP contribution < -0.4 is 10.2 Å². The van der Waals surface area contributed by atoms with Crippen LogP contribution in [0.2, 0.25) is 0 Å². The minimum atomic E-state index is -0.315. The summed E-state index contributed by atoms with van der Waals surface area (Å²) < 4.78 is 14.6. The quantitative estimate of drug-likeness (QED) is 0.747. The van der Waals surface area contributed by atoms with Crippen molar-refractivity contribution in [2.24, 2.45) is 0 Å². The fraction of sp³-hybridized carbons (Fsp3) is 0.222. The Hall–Kier alpha value is -3.07. The van der Waals surface area contributed by atoms with E-state index in [4.69, 9.17) is 0 Å². The first-order valence-electron chi connectivity index (χ1n) is 8.27. The lowest BCUT2D eigenvalue weighted by Gasteiger charge is -2.14. The van der Waals surface area contributed by atoms with Crippen LogP contribution in [0, 0.1) is 5.82 Å². The highest BCUT2D eigenvalue weighted by atomic mass is 32.1. The topological polar surface area (TPSA) is 80.1 Å². The number of ketones is 1. The number of halogens is 1. The monoisotopic (exact) mass is 385 g/mol. The Labute approximate surface area is 158 Å². The molecule has 0 saturated carbocycles. The van der Waals surface area contributed by atoms with Crippen LogP contribution in [-0.2, 0) is 11.3 Å². The van der Waals surface area contributed by atoms with Gasteiger partial charge in [0.15, 0.2) is 10.9 Å². The lowest BCUT2D eigenvalue weighted by molar-refractivity contribution is -0.116. The van der Waals surface area contributed by atoms with Crippen LogP contribution in [0.15, 0.2) is 36.0 Å². The normalized spacial score (nSPS) is 15.9. The third-order valence-electron chi connectivity index (χ3n) is 4.55. The van der Waals surface area contributed by atoms with Crippen molar-refractivity contribution >= 4 is 34.0 Å². The molecule has 0 saturated heterocycles. The van der Waals surface area contributed by atoms with E-state index in [2.05, 4.69) is 15.3 Å². The number of carbonyl (C=O) groups is 2. The minimum absolute atomic E-state index is 0.0277. The first-order chi connectivity index (χ1) is 12.9. The second kappa shape index (κ2) is 6.58. The molecule has 1 aliphatic rings. The third-order valence-corrected chi connectivity index (χ3v) is 5.31. The van der Waals surface area contributed by atoms with Gasteiger partial charge in [-0.2, -0.15) is 0 Å². The SMILES string of the molecule is CC1C(=O)c2c(ncn2CC(=O)Nc2nc(-c3ccc(F)cc3)cs2)N1C. The van der Waals surface area contributed by atoms with E-state index in [1.54, 1.807) is 41.0 Å². The maximum Gasteiger partial charge on any atom is 0.246 e. The highest BCUT2D eigenvalue weighted by molar-refractivity contribution is 7.14. The van der Waals surface area contributed by atoms with Gasteiger partial charge in [-0.05, 0) is 31.2 Å². The summed E-state index contributed by atoms with van der Waals surface area (Å²) in [6, 6.07) is 5.71. The molecule has 0 bridgehead atoms. The Bertz CT molecular complexity index is 1030. The number of nitrogens with zero attached hydrogens (tertiary/aromatic N) is 4. The van der Waals surface area contributed by atoms with Crippen molar-refractivity contribution in [2.45, 2.75) is 19.5 Å². The number of Topliss-reactive ketones (excluding diaryl/α,β-unsaturated/α-hetero) is 1. The van der Waals surface area contributed by atoms with Crippen LogP contribution >= 0.6 is 11.3 Å². The van der Waals surface area contributed by atoms with Crippen LogP contribution in [-0.4, -0.2) is 39.3 Å². The lowest BCUT2D eigenvalue weighted by atomic mass is 10.2. The number of thiazole rings is 1. The molecule has 0 fully saturated rings. The lowest BCUT2D eigenvalue weighted by Crippen LogP contribution is -2.29. The highest BCUT2D eigenvalue weighted by Gasteiger charge is 2.36. The average Bonchev–Trinajstić information content (AvgIpc) is 3.32. The number of carbonyl (C=O) groups excluding carboxylic acids is 2. The number of fused-ring (bicyclic) bond motifs is 1. The molecule has 0 spiro atoms. The molecule has 4 rings (SSSR count). The van der Waals surface area contributed by atoms with Crippen molar-refractivity contribution in [1.82, 2.24) is 14.5 Å². The van der Waals surface area contributed by atoms with Crippen LogP contribution in [0.4, 0.5) is 15.3 Å². The highest BCUT2D eigenvalue weighted by Crippen LogP contribution is 2.29. The molecule has 1 unspecified atom stereocenters. The molecule has 0 aliphatic carbocycles. The fourth-order valence-corrected chi connectivity index (χ4v) is 3.69. The number of nitrogens with one attached hydrogen (secondary N) is 1. The molecule has 2 aromatic heterocycles. The van der Waals surface area contributed by atoms with Gasteiger partial charge < -0.3 is 14.8 Å². The fourth-order valence-electron chi connectivity index (χ4n) is 2.96. The van der Waals surface area contributed by atoms with Gasteiger partial charge in [-0.15, -0.1) is 11.3 Å². The predicted molar refractivity (Wildman–Crippen MR) is 101 cm³/mol. The van der Waals surface area contributed by atoms with Gasteiger partial charge in [-0.1, -0.05) is 0 Å². The zero-order valence-electron chi connectivity index (χ0n) is 14.6. The van der Waals surface area contributed by atoms with E-state index in [1.807, 2.05) is 0 Å². The summed E-state index contributed by atoms with van der Waals surface area (Å²) in [5, 5.41) is 4.96. The summed E-state index contributed by atoms with van der Waals surface area (Å²) in [5.74, 6) is -0.0751. The number of hydrogen-bond donors (Lipinski definition) is 1. The Morgan fingerprint density at radius 2 is 2.07 bits per heavy atom. The van der Waals surface area contributed by atoms with Gasteiger partial charge in [-0.25, -0.2) is 14.4 Å². The van der Waals surface area contributed by atoms with Gasteiger partial charge in [0.2, 0.25) is 11.7 Å². The molecule has 3 heterocycles. The second-order valence-electron chi connectivity index (χ2n) is 6.29. The molecule has 7 nitrogen and oxygen atoms in total. The first-order valence-corrected chi connectivity index (χ1v) is 9.15. The Balaban J connectivity index is 1.46. The first kappa shape index (κ1) is 17.3. The number of anilines is 2. The number of imidazole rings is 1. The van der Waals surface area contributed by atoms with E-state index in [9.17, 15) is 14.0 Å². The van der Waals surface area contributed by atoms with Gasteiger partial charge in [-0.3, -0.25) is 9.59 Å². The van der Waals surface area contributed by atoms with Gasteiger partial charge in [0.25, 0.3) is 0 Å². The van der Waals surface area contributed by atoms with E-state index < -0.39 is 0 Å². The van der Waals surface area contributed by atoms with E-state index in [0.717, 1.165) is 5.56 Å². The van der Waals surface area contributed by atoms with Crippen LogP contribution in [0.1, 0.15) is 17.4 Å². The summed E-state index contributed by atoms with van der Waals surface area (Å²) in [6.07, 6.45) is 1.50. The van der Waals surface area contributed by atoms with Gasteiger partial charge in [0.05, 0.1) is 18.1 Å². The summed E-state index contributed by atoms with van der Waals surface area (Å²) in [6.45, 7) is 1.78. The standard InChI is InChI=1S/C18H16FN5O2S/c1-10-16(26)15-17(23(10)2)20-9-24(15)7-14(25)22-18-21-13(8-27-18)11-3-5-12(19)6-4-11/h3-6,8-10H,7H2,1-2H3,(H,21,22,25). The molecule has 27 heavy (non-hydrogen) atoms. The molecule has 1 N–H and O–H groups in total. The number of likely N-dealkylation sites (N-methyl/N-ethyl adjacent to an activating group) is 1. The molecular weight excluding hydrogens is 369 g/mol. The summed E-state index contributed by atoms with van der Waals surface area (Å²) in [7, 11) is 1.80. The van der Waals surface area contributed by atoms with Crippen molar-refractivity contribution in [3.63, 3.8) is 0 Å². The van der Waals surface area contributed by atoms with Crippen molar-refractivity contribution in [3.05, 3.63) is 47.5 Å². The summed E-state index contributed by atoms with van der Waals surface area (Å²) in [5.41, 5.74) is 1.87. The molecule has 1 aromatic carbocycles. The van der Waals surface area contributed by atoms with Crippen molar-refractivity contribution in [2.75, 3.05) is 17.3 Å². The van der Waals surface area contributed by atoms with Crippen LogP contribution in [0.25, 0.3) is 11.3 Å². The molecular formula is C18H16FN5O2S. The van der Waals surface area contributed by atoms with Crippen molar-refractivity contribution in [1.29, 1.82) is 0 Å². The zero-order chi connectivity index (χ0) is 19.1. The average molecular weight is 385 g/mol. The zero-order valence-corrected chi connectivity index (χ0v) is 15.5. The molecule has 0 radical (unpaired) electrons. The van der Waals surface area contributed by atoms with E-state index in [1.165, 1.54) is 29.8 Å². The molecule has 1 atom stereocenters. The minimum Gasteiger partial charge on any atom is -0.348 e. The molecule has 138 valence electrons. The van der Waals surface area contributed by atoms with E-state index in [-0.39, 0.29) is 30.1 Å². The number of aromatic nitrogens is 3. The van der Waals surface area contributed by atoms with Gasteiger partial charge in [0, 0.05) is 18.0 Å². The van der Waals surface area contributed by atoms with Crippen molar-refractivity contribution in [3.8, 4) is 11.3 Å². The number of hydrogen-bond acceptors (Lipinski definition) is 6. The van der Waals surface area contributed by atoms with E-state index in [0.29, 0.717) is 22.3 Å². The summed E-state index contributed by atoms with van der Waals surface area (Å²) >= 11 is 1.28. The Morgan fingerprint density at radius 1 is 1.33 bits per heavy atom. The maximum atomic E-state index is 13.0. The third kappa shape index (κ3) is 3.10. The number of benzene rings is 1. The van der Waals surface area contributed by atoms with Crippen LogP contribution in [0.3, 0.4) is 0 Å². The number of amides is 1. The summed E-state index contributed by atoms with van der Waals surface area (Å²) in [4.78, 5) is 35.1. The number of rotatable bonds is 4. The van der Waals surface area contributed by atoms with Crippen LogP contribution in [0.5, 0.6) is 0 Å². The molecule has 1 amide bonds.